The Morgan fingerprint density at radius 1 is 1.09 bits per heavy atom. The molecule has 1 aliphatic rings. The Balaban J connectivity index is 1.68. The van der Waals surface area contributed by atoms with Crippen LogP contribution in [0.15, 0.2) is 48.5 Å². The zero-order chi connectivity index (χ0) is 24.6. The number of nitrogens with zero attached hydrogens (tertiary/aromatic N) is 2. The summed E-state index contributed by atoms with van der Waals surface area (Å²) in [6.45, 7) is 13.7. The molecule has 2 aromatic carbocycles. The van der Waals surface area contributed by atoms with E-state index in [1.165, 1.54) is 12.0 Å². The molecule has 0 aliphatic heterocycles. The van der Waals surface area contributed by atoms with E-state index >= 15 is 0 Å². The molecule has 4 nitrogen and oxygen atoms in total. The van der Waals surface area contributed by atoms with Crippen LogP contribution in [-0.2, 0) is 28.5 Å². The predicted molar refractivity (Wildman–Crippen MR) is 138 cm³/mol. The number of fused-ring (bicyclic) bond motifs is 1. The molecule has 1 fully saturated rings. The van der Waals surface area contributed by atoms with E-state index in [2.05, 4.69) is 94.1 Å². The second-order valence-electron chi connectivity index (χ2n) is 11.6. The van der Waals surface area contributed by atoms with E-state index in [4.69, 9.17) is 4.74 Å². The lowest BCUT2D eigenvalue weighted by Crippen LogP contribution is -2.37. The number of ether oxygens (including phenoxy) is 1. The molecule has 1 aromatic heterocycles. The Morgan fingerprint density at radius 2 is 1.76 bits per heavy atom. The molecule has 34 heavy (non-hydrogen) atoms. The number of rotatable bonds is 5. The standard InChI is InChI=1S/C30H41N2O2/c1-20(2)24-17-12-21(3)18-27(24)34-28(33)19-32-26-11-9-8-10-25(26)31(7)29(32)22-13-15-23(16-14-22)30(4,5)6/h8-11,13-16,20-21,24,27H,12,17-19H2,1-7H3/q+1/t21-,24+,27-/m1/s1. The summed E-state index contributed by atoms with van der Waals surface area (Å²) in [4.78, 5) is 13.3. The second kappa shape index (κ2) is 9.56. The zero-order valence-electron chi connectivity index (χ0n) is 22.0. The van der Waals surface area contributed by atoms with Gasteiger partial charge in [-0.15, -0.1) is 0 Å². The topological polar surface area (TPSA) is 35.1 Å². The van der Waals surface area contributed by atoms with Crippen molar-refractivity contribution in [1.29, 1.82) is 0 Å². The summed E-state index contributed by atoms with van der Waals surface area (Å²) >= 11 is 0. The first-order valence-corrected chi connectivity index (χ1v) is 12.8. The predicted octanol–water partition coefficient (Wildman–Crippen LogP) is 6.43. The third kappa shape index (κ3) is 4.92. The number of para-hydroxylation sites is 2. The van der Waals surface area contributed by atoms with Crippen LogP contribution < -0.4 is 4.57 Å². The van der Waals surface area contributed by atoms with Crippen molar-refractivity contribution in [2.24, 2.45) is 24.8 Å². The fraction of sp³-hybridized carbons (Fsp3) is 0.533. The molecule has 4 heteroatoms. The van der Waals surface area contributed by atoms with Gasteiger partial charge in [0.05, 0.1) is 12.6 Å². The van der Waals surface area contributed by atoms with Crippen molar-refractivity contribution in [3.8, 4) is 11.4 Å². The van der Waals surface area contributed by atoms with Gasteiger partial charge in [-0.1, -0.05) is 72.2 Å². The van der Waals surface area contributed by atoms with Gasteiger partial charge in [0, 0.05) is 0 Å². The van der Waals surface area contributed by atoms with Crippen LogP contribution in [0.2, 0.25) is 0 Å². The number of esters is 1. The number of imidazole rings is 1. The molecule has 0 radical (unpaired) electrons. The van der Waals surface area contributed by atoms with Crippen molar-refractivity contribution in [2.75, 3.05) is 0 Å². The first kappa shape index (κ1) is 24.5. The molecule has 3 aromatic rings. The van der Waals surface area contributed by atoms with Gasteiger partial charge in [0.1, 0.15) is 6.10 Å². The lowest BCUT2D eigenvalue weighted by molar-refractivity contribution is -0.634. The third-order valence-corrected chi connectivity index (χ3v) is 7.65. The van der Waals surface area contributed by atoms with Gasteiger partial charge in [-0.2, -0.15) is 0 Å². The highest BCUT2D eigenvalue weighted by molar-refractivity contribution is 5.79. The van der Waals surface area contributed by atoms with E-state index in [1.54, 1.807) is 0 Å². The highest BCUT2D eigenvalue weighted by atomic mass is 16.5. The van der Waals surface area contributed by atoms with Crippen molar-refractivity contribution >= 4 is 17.0 Å². The molecule has 0 spiro atoms. The van der Waals surface area contributed by atoms with Gasteiger partial charge in [0.2, 0.25) is 0 Å². The first-order valence-electron chi connectivity index (χ1n) is 12.8. The molecule has 4 rings (SSSR count). The minimum absolute atomic E-state index is 0.0151. The molecular weight excluding hydrogens is 420 g/mol. The minimum Gasteiger partial charge on any atom is -0.459 e. The molecular formula is C30H41N2O2+. The Kier molecular flexibility index (Phi) is 6.89. The number of aromatic nitrogens is 2. The average molecular weight is 462 g/mol. The highest BCUT2D eigenvalue weighted by Crippen LogP contribution is 2.35. The maximum absolute atomic E-state index is 13.3. The summed E-state index contributed by atoms with van der Waals surface area (Å²) in [6, 6.07) is 17.0. The molecule has 1 heterocycles. The van der Waals surface area contributed by atoms with Gasteiger partial charge < -0.3 is 4.74 Å². The van der Waals surface area contributed by atoms with Gasteiger partial charge in [-0.25, -0.2) is 13.9 Å². The molecule has 1 aliphatic carbocycles. The van der Waals surface area contributed by atoms with Crippen LogP contribution in [0.1, 0.15) is 66.4 Å². The normalized spacial score (nSPS) is 21.2. The summed E-state index contributed by atoms with van der Waals surface area (Å²) in [5, 5.41) is 0. The van der Waals surface area contributed by atoms with Crippen LogP contribution >= 0.6 is 0 Å². The smallest absolute Gasteiger partial charge is 0.348 e. The van der Waals surface area contributed by atoms with Crippen LogP contribution in [-0.4, -0.2) is 16.6 Å². The lowest BCUT2D eigenvalue weighted by atomic mass is 9.75. The van der Waals surface area contributed by atoms with Gasteiger partial charge in [0.15, 0.2) is 17.6 Å². The van der Waals surface area contributed by atoms with Crippen LogP contribution in [0.5, 0.6) is 0 Å². The lowest BCUT2D eigenvalue weighted by Gasteiger charge is -2.36. The molecule has 1 saturated carbocycles. The van der Waals surface area contributed by atoms with Crippen molar-refractivity contribution in [2.45, 2.75) is 78.9 Å². The third-order valence-electron chi connectivity index (χ3n) is 7.65. The Morgan fingerprint density at radius 3 is 2.41 bits per heavy atom. The van der Waals surface area contributed by atoms with Crippen LogP contribution in [0.3, 0.4) is 0 Å². The molecule has 0 saturated heterocycles. The molecule has 0 amide bonds. The molecule has 182 valence electrons. The molecule has 3 atom stereocenters. The minimum atomic E-state index is -0.140. The number of carbonyl (C=O) groups excluding carboxylic acids is 1. The van der Waals surface area contributed by atoms with Crippen molar-refractivity contribution in [3.63, 3.8) is 0 Å². The Labute approximate surface area is 204 Å². The van der Waals surface area contributed by atoms with Gasteiger partial charge >= 0.3 is 5.97 Å². The number of benzene rings is 2. The molecule has 0 bridgehead atoms. The maximum Gasteiger partial charge on any atom is 0.348 e. The summed E-state index contributed by atoms with van der Waals surface area (Å²) < 4.78 is 10.5. The van der Waals surface area contributed by atoms with Crippen molar-refractivity contribution in [3.05, 3.63) is 54.1 Å². The number of aryl methyl sites for hydroxylation is 1. The molecule has 0 N–H and O–H groups in total. The summed E-state index contributed by atoms with van der Waals surface area (Å²) in [5.41, 5.74) is 4.66. The van der Waals surface area contributed by atoms with E-state index in [0.717, 1.165) is 35.3 Å². The van der Waals surface area contributed by atoms with Crippen LogP contribution in [0.4, 0.5) is 0 Å². The SMILES string of the molecule is CC(C)[C@@H]1CC[C@@H](C)C[C@H]1OC(=O)Cn1c(-c2ccc(C(C)(C)C)cc2)[n+](C)c2ccccc21. The van der Waals surface area contributed by atoms with E-state index in [1.807, 2.05) is 12.1 Å². The van der Waals surface area contributed by atoms with Crippen molar-refractivity contribution < 1.29 is 14.1 Å². The fourth-order valence-corrected chi connectivity index (χ4v) is 5.60. The monoisotopic (exact) mass is 461 g/mol. The van der Waals surface area contributed by atoms with Crippen LogP contribution in [0, 0.1) is 17.8 Å². The summed E-state index contributed by atoms with van der Waals surface area (Å²) in [5.74, 6) is 2.46. The van der Waals surface area contributed by atoms with E-state index < -0.39 is 0 Å². The highest BCUT2D eigenvalue weighted by Gasteiger charge is 2.34. The number of carbonyl (C=O) groups is 1. The Hall–Kier alpha value is -2.62. The van der Waals surface area contributed by atoms with Crippen molar-refractivity contribution in [1.82, 2.24) is 4.57 Å². The average Bonchev–Trinajstić information content (AvgIpc) is 3.04. The fourth-order valence-electron chi connectivity index (χ4n) is 5.60. The summed E-state index contributed by atoms with van der Waals surface area (Å²) in [6.07, 6.45) is 3.35. The number of hydrogen-bond donors (Lipinski definition) is 0. The van der Waals surface area contributed by atoms with E-state index in [-0.39, 0.29) is 24.0 Å². The van der Waals surface area contributed by atoms with Gasteiger partial charge in [-0.3, -0.25) is 0 Å². The Bertz CT molecular complexity index is 1150. The quantitative estimate of drug-likeness (QED) is 0.324. The summed E-state index contributed by atoms with van der Waals surface area (Å²) in [7, 11) is 2.08. The van der Waals surface area contributed by atoms with Gasteiger partial charge in [0.25, 0.3) is 5.82 Å². The van der Waals surface area contributed by atoms with Crippen LogP contribution in [0.25, 0.3) is 22.4 Å². The largest absolute Gasteiger partial charge is 0.459 e. The zero-order valence-corrected chi connectivity index (χ0v) is 22.0. The molecule has 0 unspecified atom stereocenters. The first-order chi connectivity index (χ1) is 16.1. The second-order valence-corrected chi connectivity index (χ2v) is 11.6. The number of hydrogen-bond acceptors (Lipinski definition) is 2. The van der Waals surface area contributed by atoms with E-state index in [0.29, 0.717) is 17.8 Å². The maximum atomic E-state index is 13.3. The van der Waals surface area contributed by atoms with E-state index in [9.17, 15) is 4.79 Å². The van der Waals surface area contributed by atoms with Gasteiger partial charge in [-0.05, 0) is 65.8 Å².